The summed E-state index contributed by atoms with van der Waals surface area (Å²) in [7, 11) is 0. The standard InChI is InChI=1S/C20H28O3/c1-19(2,3)16-14(21)7-15(22)18(23)17(16)20-8-11-4-12(9-20)6-13(5-11)10-20/h7,11-13,21-23H,4-6,8-10H2,1-3H3. The summed E-state index contributed by atoms with van der Waals surface area (Å²) >= 11 is 0. The predicted molar refractivity (Wildman–Crippen MR) is 90.0 cm³/mol. The Morgan fingerprint density at radius 2 is 1.35 bits per heavy atom. The molecule has 1 aromatic carbocycles. The van der Waals surface area contributed by atoms with Crippen molar-refractivity contribution in [1.29, 1.82) is 0 Å². The Morgan fingerprint density at radius 3 is 1.78 bits per heavy atom. The molecule has 0 radical (unpaired) electrons. The van der Waals surface area contributed by atoms with Gasteiger partial charge in [0.05, 0.1) is 0 Å². The highest BCUT2D eigenvalue weighted by Gasteiger charge is 2.54. The third-order valence-electron chi connectivity index (χ3n) is 6.58. The minimum atomic E-state index is -0.270. The molecule has 3 N–H and O–H groups in total. The average Bonchev–Trinajstić information content (AvgIpc) is 2.39. The Labute approximate surface area is 138 Å². The molecule has 0 heterocycles. The van der Waals surface area contributed by atoms with E-state index in [4.69, 9.17) is 0 Å². The Morgan fingerprint density at radius 1 is 0.870 bits per heavy atom. The second-order valence-electron chi connectivity index (χ2n) is 9.46. The largest absolute Gasteiger partial charge is 0.507 e. The van der Waals surface area contributed by atoms with Gasteiger partial charge in [-0.15, -0.1) is 0 Å². The van der Waals surface area contributed by atoms with Crippen LogP contribution in [0.3, 0.4) is 0 Å². The van der Waals surface area contributed by atoms with Gasteiger partial charge in [-0.25, -0.2) is 0 Å². The van der Waals surface area contributed by atoms with E-state index in [0.717, 1.165) is 48.1 Å². The molecule has 0 aromatic heterocycles. The Balaban J connectivity index is 1.95. The number of benzene rings is 1. The van der Waals surface area contributed by atoms with Crippen LogP contribution in [0.4, 0.5) is 0 Å². The van der Waals surface area contributed by atoms with Gasteiger partial charge < -0.3 is 15.3 Å². The number of hydrogen-bond acceptors (Lipinski definition) is 3. The van der Waals surface area contributed by atoms with Gasteiger partial charge in [-0.1, -0.05) is 20.8 Å². The number of hydrogen-bond donors (Lipinski definition) is 3. The van der Waals surface area contributed by atoms with Crippen molar-refractivity contribution in [2.24, 2.45) is 17.8 Å². The minimum Gasteiger partial charge on any atom is -0.507 e. The van der Waals surface area contributed by atoms with E-state index in [2.05, 4.69) is 20.8 Å². The molecule has 0 amide bonds. The highest BCUT2D eigenvalue weighted by molar-refractivity contribution is 5.61. The third-order valence-corrected chi connectivity index (χ3v) is 6.58. The number of phenols is 3. The maximum atomic E-state index is 10.8. The SMILES string of the molecule is CC(C)(C)c1c(O)cc(O)c(O)c1C12CC3CC(CC(C3)C1)C2. The van der Waals surface area contributed by atoms with E-state index >= 15 is 0 Å². The third kappa shape index (κ3) is 2.15. The van der Waals surface area contributed by atoms with Crippen molar-refractivity contribution in [2.75, 3.05) is 0 Å². The smallest absolute Gasteiger partial charge is 0.161 e. The number of phenolic OH excluding ortho intramolecular Hbond substituents is 3. The summed E-state index contributed by atoms with van der Waals surface area (Å²) in [5, 5.41) is 31.5. The fourth-order valence-electron chi connectivity index (χ4n) is 6.34. The zero-order chi connectivity index (χ0) is 16.6. The first-order valence-electron chi connectivity index (χ1n) is 8.98. The summed E-state index contributed by atoms with van der Waals surface area (Å²) in [5.41, 5.74) is 1.35. The van der Waals surface area contributed by atoms with E-state index in [1.807, 2.05) is 0 Å². The van der Waals surface area contributed by atoms with E-state index in [1.54, 1.807) is 0 Å². The van der Waals surface area contributed by atoms with Crippen LogP contribution in [0.1, 0.15) is 70.4 Å². The van der Waals surface area contributed by atoms with Crippen LogP contribution < -0.4 is 0 Å². The normalized spacial score (nSPS) is 35.7. The molecular formula is C20H28O3. The van der Waals surface area contributed by atoms with Crippen LogP contribution in [0.15, 0.2) is 6.07 Å². The van der Waals surface area contributed by atoms with Gasteiger partial charge >= 0.3 is 0 Å². The Bertz CT molecular complexity index is 619. The van der Waals surface area contributed by atoms with Crippen LogP contribution in [-0.4, -0.2) is 15.3 Å². The molecule has 0 atom stereocenters. The van der Waals surface area contributed by atoms with Crippen LogP contribution in [0.5, 0.6) is 17.2 Å². The summed E-state index contributed by atoms with van der Waals surface area (Å²) in [6, 6.07) is 1.31. The number of aromatic hydroxyl groups is 3. The predicted octanol–water partition coefficient (Wildman–Crippen LogP) is 4.57. The quantitative estimate of drug-likeness (QED) is 0.525. The van der Waals surface area contributed by atoms with Crippen LogP contribution in [-0.2, 0) is 10.8 Å². The molecule has 0 aliphatic heterocycles. The van der Waals surface area contributed by atoms with E-state index in [1.165, 1.54) is 25.3 Å². The molecule has 5 rings (SSSR count). The summed E-state index contributed by atoms with van der Waals surface area (Å²) in [6.07, 6.45) is 7.27. The molecular weight excluding hydrogens is 288 g/mol. The van der Waals surface area contributed by atoms with E-state index in [9.17, 15) is 15.3 Å². The maximum Gasteiger partial charge on any atom is 0.161 e. The van der Waals surface area contributed by atoms with Gasteiger partial charge in [-0.3, -0.25) is 0 Å². The maximum absolute atomic E-state index is 10.8. The van der Waals surface area contributed by atoms with E-state index in [-0.39, 0.29) is 28.1 Å². The fourth-order valence-corrected chi connectivity index (χ4v) is 6.34. The number of rotatable bonds is 1. The lowest BCUT2D eigenvalue weighted by Crippen LogP contribution is -2.49. The molecule has 0 unspecified atom stereocenters. The first kappa shape index (κ1) is 15.2. The van der Waals surface area contributed by atoms with Crippen molar-refractivity contribution in [2.45, 2.75) is 70.1 Å². The van der Waals surface area contributed by atoms with Crippen LogP contribution in [0.25, 0.3) is 0 Å². The molecule has 4 aliphatic carbocycles. The first-order chi connectivity index (χ1) is 10.7. The molecule has 3 nitrogen and oxygen atoms in total. The molecule has 4 bridgehead atoms. The molecule has 126 valence electrons. The lowest BCUT2D eigenvalue weighted by Gasteiger charge is -2.57. The highest BCUT2D eigenvalue weighted by atomic mass is 16.3. The van der Waals surface area contributed by atoms with Crippen molar-refractivity contribution in [3.8, 4) is 17.2 Å². The van der Waals surface area contributed by atoms with Crippen LogP contribution in [0, 0.1) is 17.8 Å². The second kappa shape index (κ2) is 4.58. The van der Waals surface area contributed by atoms with Gasteiger partial charge in [0.2, 0.25) is 0 Å². The van der Waals surface area contributed by atoms with Crippen molar-refractivity contribution in [3.05, 3.63) is 17.2 Å². The van der Waals surface area contributed by atoms with Gasteiger partial charge in [-0.2, -0.15) is 0 Å². The summed E-state index contributed by atoms with van der Waals surface area (Å²) in [6.45, 7) is 6.22. The highest BCUT2D eigenvalue weighted by Crippen LogP contribution is 2.64. The van der Waals surface area contributed by atoms with Gasteiger partial charge in [0, 0.05) is 22.6 Å². The van der Waals surface area contributed by atoms with Crippen molar-refractivity contribution < 1.29 is 15.3 Å². The molecule has 3 heteroatoms. The minimum absolute atomic E-state index is 0.00896. The molecule has 4 fully saturated rings. The monoisotopic (exact) mass is 316 g/mol. The van der Waals surface area contributed by atoms with Crippen molar-refractivity contribution in [1.82, 2.24) is 0 Å². The van der Waals surface area contributed by atoms with Gasteiger partial charge in [0.25, 0.3) is 0 Å². The summed E-state index contributed by atoms with van der Waals surface area (Å²) in [4.78, 5) is 0. The zero-order valence-electron chi connectivity index (χ0n) is 14.4. The first-order valence-corrected chi connectivity index (χ1v) is 8.98. The molecule has 0 saturated heterocycles. The average molecular weight is 316 g/mol. The lowest BCUT2D eigenvalue weighted by atomic mass is 9.47. The van der Waals surface area contributed by atoms with Gasteiger partial charge in [-0.05, 0) is 61.7 Å². The van der Waals surface area contributed by atoms with Crippen molar-refractivity contribution in [3.63, 3.8) is 0 Å². The Kier molecular flexibility index (Phi) is 3.02. The summed E-state index contributed by atoms with van der Waals surface area (Å²) in [5.74, 6) is 2.20. The molecule has 4 saturated carbocycles. The lowest BCUT2D eigenvalue weighted by molar-refractivity contribution is -0.00718. The van der Waals surface area contributed by atoms with Crippen LogP contribution >= 0.6 is 0 Å². The Hall–Kier alpha value is -1.38. The second-order valence-corrected chi connectivity index (χ2v) is 9.46. The summed E-state index contributed by atoms with van der Waals surface area (Å²) < 4.78 is 0. The van der Waals surface area contributed by atoms with Gasteiger partial charge in [0.1, 0.15) is 5.75 Å². The van der Waals surface area contributed by atoms with E-state index in [0.29, 0.717) is 0 Å². The topological polar surface area (TPSA) is 60.7 Å². The van der Waals surface area contributed by atoms with E-state index < -0.39 is 0 Å². The molecule has 4 aliphatic rings. The zero-order valence-corrected chi connectivity index (χ0v) is 14.4. The van der Waals surface area contributed by atoms with Crippen molar-refractivity contribution >= 4 is 0 Å². The molecule has 1 aromatic rings. The fraction of sp³-hybridized carbons (Fsp3) is 0.700. The van der Waals surface area contributed by atoms with Crippen LogP contribution in [0.2, 0.25) is 0 Å². The molecule has 0 spiro atoms. The molecule has 23 heavy (non-hydrogen) atoms. The van der Waals surface area contributed by atoms with Gasteiger partial charge in [0.15, 0.2) is 11.5 Å².